The van der Waals surface area contributed by atoms with Crippen molar-refractivity contribution in [3.63, 3.8) is 0 Å². The Balaban J connectivity index is 3.63. The van der Waals surface area contributed by atoms with Crippen molar-refractivity contribution in [1.82, 2.24) is 9.78 Å². The Morgan fingerprint density at radius 3 is 1.95 bits per heavy atom. The van der Waals surface area contributed by atoms with Gasteiger partial charge in [-0.1, -0.05) is 0 Å². The second-order valence-electron chi connectivity index (χ2n) is 3.81. The van der Waals surface area contributed by atoms with Gasteiger partial charge in [-0.25, -0.2) is 0 Å². The van der Waals surface area contributed by atoms with Crippen molar-refractivity contribution in [2.75, 3.05) is 0 Å². The van der Waals surface area contributed by atoms with E-state index in [1.807, 2.05) is 0 Å². The van der Waals surface area contributed by atoms with Gasteiger partial charge in [-0.2, -0.15) is 35.8 Å². The molecule has 0 bridgehead atoms. The third-order valence-electron chi connectivity index (χ3n) is 2.42. The molecule has 1 rings (SSSR count). The number of halogens is 7. The van der Waals surface area contributed by atoms with E-state index in [0.717, 1.165) is 6.92 Å². The largest absolute Gasteiger partial charge is 0.460 e. The first-order valence-corrected chi connectivity index (χ1v) is 4.76. The van der Waals surface area contributed by atoms with Crippen molar-refractivity contribution in [2.45, 2.75) is 24.9 Å². The van der Waals surface area contributed by atoms with E-state index in [9.17, 15) is 40.8 Å². The van der Waals surface area contributed by atoms with Crippen LogP contribution in [0.15, 0.2) is 0 Å². The molecule has 0 aromatic carbocycles. The minimum atomic E-state index is -6.58. The predicted octanol–water partition coefficient (Wildman–Crippen LogP) is 2.93. The Morgan fingerprint density at radius 2 is 1.60 bits per heavy atom. The number of alkyl halides is 7. The minimum Gasteiger partial charge on any atom is -0.260 e. The number of aryl methyl sites for hydroxylation is 2. The lowest BCUT2D eigenvalue weighted by molar-refractivity contribution is -0.394. The molecular weight excluding hydrogens is 303 g/mol. The molecule has 0 fully saturated rings. The van der Waals surface area contributed by atoms with E-state index in [1.165, 1.54) is 0 Å². The fourth-order valence-corrected chi connectivity index (χ4v) is 1.54. The summed E-state index contributed by atoms with van der Waals surface area (Å²) in [5.74, 6) is -12.3. The van der Waals surface area contributed by atoms with Gasteiger partial charge in [0.2, 0.25) is 0 Å². The lowest BCUT2D eigenvalue weighted by atomic mass is 10.1. The van der Waals surface area contributed by atoms with Gasteiger partial charge in [0.05, 0.1) is 4.92 Å². The maximum atomic E-state index is 13.5. The number of nitrogens with zero attached hydrogens (tertiary/aromatic N) is 3. The number of rotatable bonds is 3. The Labute approximate surface area is 106 Å². The topological polar surface area (TPSA) is 61.0 Å². The van der Waals surface area contributed by atoms with E-state index in [-0.39, 0.29) is 4.68 Å². The van der Waals surface area contributed by atoms with E-state index in [1.54, 1.807) is 0 Å². The van der Waals surface area contributed by atoms with Crippen LogP contribution in [0.5, 0.6) is 0 Å². The van der Waals surface area contributed by atoms with Gasteiger partial charge in [-0.3, -0.25) is 14.8 Å². The van der Waals surface area contributed by atoms with Gasteiger partial charge in [-0.05, 0) is 6.92 Å². The highest BCUT2D eigenvalue weighted by Crippen LogP contribution is 2.53. The molecule has 0 saturated carbocycles. The quantitative estimate of drug-likeness (QED) is 0.490. The Bertz CT molecular complexity index is 549. The maximum Gasteiger partial charge on any atom is 0.460 e. The zero-order chi connectivity index (χ0) is 16.1. The van der Waals surface area contributed by atoms with Crippen LogP contribution in [0.3, 0.4) is 0 Å². The third kappa shape index (κ3) is 2.08. The van der Waals surface area contributed by atoms with Crippen LogP contribution >= 0.6 is 0 Å². The van der Waals surface area contributed by atoms with Gasteiger partial charge in [0.15, 0.2) is 5.69 Å². The van der Waals surface area contributed by atoms with Crippen LogP contribution in [-0.4, -0.2) is 26.8 Å². The molecule has 0 aliphatic heterocycles. The number of nitro groups is 1. The molecular formula is C8H6F7N3O2. The van der Waals surface area contributed by atoms with E-state index in [0.29, 0.717) is 7.05 Å². The fraction of sp³-hybridized carbons (Fsp3) is 0.625. The summed E-state index contributed by atoms with van der Waals surface area (Å²) in [6.45, 7) is 0.837. The Kier molecular flexibility index (Phi) is 3.49. The summed E-state index contributed by atoms with van der Waals surface area (Å²) < 4.78 is 88.9. The highest BCUT2D eigenvalue weighted by Gasteiger charge is 2.76. The monoisotopic (exact) mass is 309 g/mol. The van der Waals surface area contributed by atoms with Crippen molar-refractivity contribution in [3.8, 4) is 0 Å². The van der Waals surface area contributed by atoms with Crippen LogP contribution in [0.25, 0.3) is 0 Å². The highest BCUT2D eigenvalue weighted by molar-refractivity contribution is 5.44. The normalized spacial score (nSPS) is 13.7. The molecule has 0 amide bonds. The molecule has 1 aromatic heterocycles. The van der Waals surface area contributed by atoms with Crippen molar-refractivity contribution in [1.29, 1.82) is 0 Å². The molecule has 114 valence electrons. The summed E-state index contributed by atoms with van der Waals surface area (Å²) in [7, 11) is 0.607. The lowest BCUT2D eigenvalue weighted by Crippen LogP contribution is -2.51. The predicted molar refractivity (Wildman–Crippen MR) is 49.5 cm³/mol. The zero-order valence-electron chi connectivity index (χ0n) is 9.80. The second-order valence-corrected chi connectivity index (χ2v) is 3.81. The molecule has 1 heterocycles. The first-order valence-electron chi connectivity index (χ1n) is 4.76. The van der Waals surface area contributed by atoms with Crippen LogP contribution in [0.4, 0.5) is 36.4 Å². The summed E-state index contributed by atoms with van der Waals surface area (Å²) in [6.07, 6.45) is -6.58. The summed E-state index contributed by atoms with van der Waals surface area (Å²) in [6, 6.07) is 0. The summed E-state index contributed by atoms with van der Waals surface area (Å²) in [5.41, 5.74) is -4.39. The van der Waals surface area contributed by atoms with E-state index in [2.05, 4.69) is 5.10 Å². The lowest BCUT2D eigenvalue weighted by Gasteiger charge is -2.27. The molecule has 0 saturated heterocycles. The second kappa shape index (κ2) is 4.31. The van der Waals surface area contributed by atoms with Gasteiger partial charge < -0.3 is 0 Å². The molecule has 1 aromatic rings. The number of aromatic nitrogens is 2. The van der Waals surface area contributed by atoms with Crippen LogP contribution < -0.4 is 0 Å². The van der Waals surface area contributed by atoms with Gasteiger partial charge >= 0.3 is 23.7 Å². The summed E-state index contributed by atoms with van der Waals surface area (Å²) in [5, 5.41) is 13.7. The SMILES string of the molecule is Cc1nn(C)c(C(F)(F)C(F)(F)C(F)(F)F)c1[N+](=O)[O-]. The summed E-state index contributed by atoms with van der Waals surface area (Å²) >= 11 is 0. The van der Waals surface area contributed by atoms with Gasteiger partial charge in [0, 0.05) is 7.05 Å². The van der Waals surface area contributed by atoms with E-state index >= 15 is 0 Å². The third-order valence-corrected chi connectivity index (χ3v) is 2.42. The molecule has 0 unspecified atom stereocenters. The van der Waals surface area contributed by atoms with Crippen molar-refractivity contribution >= 4 is 5.69 Å². The molecule has 0 atom stereocenters. The average Bonchev–Trinajstić information content (AvgIpc) is 2.51. The average molecular weight is 309 g/mol. The van der Waals surface area contributed by atoms with Crippen LogP contribution in [-0.2, 0) is 13.0 Å². The number of hydrogen-bond acceptors (Lipinski definition) is 3. The molecule has 0 N–H and O–H groups in total. The highest BCUT2D eigenvalue weighted by atomic mass is 19.4. The summed E-state index contributed by atoms with van der Waals surface area (Å²) in [4.78, 5) is 9.08. The molecule has 0 spiro atoms. The zero-order valence-corrected chi connectivity index (χ0v) is 9.80. The molecule has 20 heavy (non-hydrogen) atoms. The first-order chi connectivity index (χ1) is 8.75. The van der Waals surface area contributed by atoms with Crippen LogP contribution in [0, 0.1) is 17.0 Å². The fourth-order valence-electron chi connectivity index (χ4n) is 1.54. The van der Waals surface area contributed by atoms with Crippen LogP contribution in [0.2, 0.25) is 0 Å². The standard InChI is InChI=1S/C8H6F7N3O2/c1-3-4(18(19)20)5(17(2)16-3)6(9,10)7(11,12)8(13,14)15/h1-2H3. The molecule has 0 aliphatic carbocycles. The minimum absolute atomic E-state index is 0.0624. The van der Waals surface area contributed by atoms with Crippen molar-refractivity contribution < 1.29 is 35.7 Å². The molecule has 5 nitrogen and oxygen atoms in total. The number of hydrogen-bond donors (Lipinski definition) is 0. The van der Waals surface area contributed by atoms with Crippen LogP contribution in [0.1, 0.15) is 11.4 Å². The van der Waals surface area contributed by atoms with E-state index < -0.39 is 40.0 Å². The van der Waals surface area contributed by atoms with E-state index in [4.69, 9.17) is 0 Å². The Hall–Kier alpha value is -1.88. The molecule has 12 heteroatoms. The van der Waals surface area contributed by atoms with Crippen molar-refractivity contribution in [3.05, 3.63) is 21.5 Å². The van der Waals surface area contributed by atoms with Gasteiger partial charge in [0.1, 0.15) is 5.69 Å². The maximum absolute atomic E-state index is 13.5. The molecule has 0 aliphatic rings. The van der Waals surface area contributed by atoms with Crippen molar-refractivity contribution in [2.24, 2.45) is 7.05 Å². The smallest absolute Gasteiger partial charge is 0.260 e. The van der Waals surface area contributed by atoms with Gasteiger partial charge in [-0.15, -0.1) is 0 Å². The van der Waals surface area contributed by atoms with Gasteiger partial charge in [0.25, 0.3) is 0 Å². The first kappa shape index (κ1) is 16.2. The Morgan fingerprint density at radius 1 is 1.15 bits per heavy atom. The molecule has 0 radical (unpaired) electrons.